The van der Waals surface area contributed by atoms with E-state index in [0.717, 1.165) is 24.8 Å². The van der Waals surface area contributed by atoms with Gasteiger partial charge in [0.2, 0.25) is 0 Å². The molecule has 0 amide bonds. The molecule has 1 N–H and O–H groups in total. The first-order chi connectivity index (χ1) is 5.95. The molecule has 2 heterocycles. The van der Waals surface area contributed by atoms with E-state index in [9.17, 15) is 0 Å². The summed E-state index contributed by atoms with van der Waals surface area (Å²) in [6.07, 6.45) is 2.62. The second kappa shape index (κ2) is 4.46. The first-order valence-corrected chi connectivity index (χ1v) is 5.61. The van der Waals surface area contributed by atoms with Crippen molar-refractivity contribution < 1.29 is 4.28 Å². The lowest BCUT2D eigenvalue weighted by Gasteiger charge is -2.25. The third-order valence-electron chi connectivity index (χ3n) is 2.50. The third-order valence-corrected chi connectivity index (χ3v) is 3.17. The highest BCUT2D eigenvalue weighted by molar-refractivity contribution is 7.94. The normalized spacial score (nSPS) is 28.0. The van der Waals surface area contributed by atoms with Gasteiger partial charge in [0.25, 0.3) is 0 Å². The number of nitrogens with one attached hydrogen (secondary N) is 1. The fourth-order valence-electron chi connectivity index (χ4n) is 1.76. The summed E-state index contributed by atoms with van der Waals surface area (Å²) < 4.78 is 5.39. The first-order valence-electron chi connectivity index (χ1n) is 4.70. The maximum absolute atomic E-state index is 5.39. The van der Waals surface area contributed by atoms with Crippen molar-refractivity contribution in [3.8, 4) is 0 Å². The molecule has 0 unspecified atom stereocenters. The van der Waals surface area contributed by atoms with Crippen LogP contribution >= 0.6 is 12.0 Å². The van der Waals surface area contributed by atoms with E-state index in [1.165, 1.54) is 25.9 Å². The minimum atomic E-state index is 0.852. The van der Waals surface area contributed by atoms with Crippen LogP contribution in [0.2, 0.25) is 0 Å². The van der Waals surface area contributed by atoms with E-state index in [0.29, 0.717) is 0 Å². The molecule has 0 atom stereocenters. The number of hydroxylamine groups is 2. The topological polar surface area (TPSA) is 24.5 Å². The number of rotatable bonds is 2. The molecule has 0 saturated carbocycles. The molecule has 2 fully saturated rings. The van der Waals surface area contributed by atoms with Crippen molar-refractivity contribution in [3.63, 3.8) is 0 Å². The maximum atomic E-state index is 5.39. The molecule has 0 spiro atoms. The van der Waals surface area contributed by atoms with Gasteiger partial charge in [-0.05, 0) is 31.8 Å². The number of hydrogen-bond donors (Lipinski definition) is 1. The molecule has 2 saturated heterocycles. The van der Waals surface area contributed by atoms with Crippen molar-refractivity contribution in [1.82, 2.24) is 10.4 Å². The third kappa shape index (κ3) is 2.36. The Morgan fingerprint density at radius 2 is 2.25 bits per heavy atom. The Kier molecular flexibility index (Phi) is 3.28. The highest BCUT2D eigenvalue weighted by Gasteiger charge is 2.20. The van der Waals surface area contributed by atoms with E-state index in [-0.39, 0.29) is 0 Å². The molecule has 0 radical (unpaired) electrons. The molecule has 0 aromatic heterocycles. The molecule has 70 valence electrons. The summed E-state index contributed by atoms with van der Waals surface area (Å²) in [6, 6.07) is 0. The fraction of sp³-hybridized carbons (Fsp3) is 1.00. The highest BCUT2D eigenvalue weighted by atomic mass is 32.2. The van der Waals surface area contributed by atoms with Crippen LogP contribution in [0.4, 0.5) is 0 Å². The van der Waals surface area contributed by atoms with Gasteiger partial charge in [0.15, 0.2) is 0 Å². The number of nitrogens with zero attached hydrogens (tertiary/aromatic N) is 1. The quantitative estimate of drug-likeness (QED) is 0.650. The zero-order chi connectivity index (χ0) is 8.23. The molecular formula is C8H16N2OS. The van der Waals surface area contributed by atoms with Crippen molar-refractivity contribution >= 4 is 12.0 Å². The second-order valence-corrected chi connectivity index (χ2v) is 4.27. The van der Waals surface area contributed by atoms with E-state index in [1.807, 2.05) is 0 Å². The SMILES string of the molecule is C1CC(CN2CCSO2)CCN1. The van der Waals surface area contributed by atoms with E-state index < -0.39 is 0 Å². The molecule has 2 rings (SSSR count). The summed E-state index contributed by atoms with van der Waals surface area (Å²) >= 11 is 1.58. The van der Waals surface area contributed by atoms with Crippen LogP contribution < -0.4 is 5.32 Å². The summed E-state index contributed by atoms with van der Waals surface area (Å²) in [7, 11) is 0. The summed E-state index contributed by atoms with van der Waals surface area (Å²) in [4.78, 5) is 0. The Morgan fingerprint density at radius 1 is 1.42 bits per heavy atom. The Hall–Kier alpha value is 0.230. The number of hydrogen-bond acceptors (Lipinski definition) is 4. The van der Waals surface area contributed by atoms with E-state index in [2.05, 4.69) is 10.4 Å². The van der Waals surface area contributed by atoms with Crippen LogP contribution in [0.3, 0.4) is 0 Å². The first kappa shape index (κ1) is 8.81. The highest BCUT2D eigenvalue weighted by Crippen LogP contribution is 2.20. The second-order valence-electron chi connectivity index (χ2n) is 3.48. The lowest BCUT2D eigenvalue weighted by atomic mass is 9.98. The average Bonchev–Trinajstić information content (AvgIpc) is 2.59. The minimum Gasteiger partial charge on any atom is -0.317 e. The van der Waals surface area contributed by atoms with Crippen molar-refractivity contribution in [3.05, 3.63) is 0 Å². The van der Waals surface area contributed by atoms with E-state index in [4.69, 9.17) is 4.28 Å². The van der Waals surface area contributed by atoms with Gasteiger partial charge in [-0.3, -0.25) is 0 Å². The largest absolute Gasteiger partial charge is 0.317 e. The van der Waals surface area contributed by atoms with Crippen molar-refractivity contribution in [2.45, 2.75) is 12.8 Å². The van der Waals surface area contributed by atoms with E-state index in [1.54, 1.807) is 12.0 Å². The predicted octanol–water partition coefficient (Wildman–Crippen LogP) is 0.881. The minimum absolute atomic E-state index is 0.852. The molecule has 0 aromatic carbocycles. The van der Waals surface area contributed by atoms with Crippen LogP contribution in [-0.2, 0) is 4.28 Å². The van der Waals surface area contributed by atoms with Crippen LogP contribution in [0.1, 0.15) is 12.8 Å². The van der Waals surface area contributed by atoms with Crippen LogP contribution in [0.5, 0.6) is 0 Å². The van der Waals surface area contributed by atoms with Gasteiger partial charge in [-0.25, -0.2) is 4.28 Å². The summed E-state index contributed by atoms with van der Waals surface area (Å²) in [5.74, 6) is 1.98. The molecule has 0 aromatic rings. The van der Waals surface area contributed by atoms with Gasteiger partial charge < -0.3 is 5.32 Å². The number of piperidine rings is 1. The van der Waals surface area contributed by atoms with Crippen molar-refractivity contribution in [1.29, 1.82) is 0 Å². The van der Waals surface area contributed by atoms with Gasteiger partial charge in [-0.2, -0.15) is 5.06 Å². The van der Waals surface area contributed by atoms with Crippen LogP contribution in [0, 0.1) is 5.92 Å². The Bertz CT molecular complexity index is 133. The van der Waals surface area contributed by atoms with Gasteiger partial charge in [-0.15, -0.1) is 0 Å². The summed E-state index contributed by atoms with van der Waals surface area (Å²) in [5.41, 5.74) is 0. The Balaban J connectivity index is 1.69. The molecular weight excluding hydrogens is 172 g/mol. The van der Waals surface area contributed by atoms with Gasteiger partial charge in [0, 0.05) is 30.9 Å². The van der Waals surface area contributed by atoms with Gasteiger partial charge in [0.1, 0.15) is 0 Å². The molecule has 2 aliphatic rings. The average molecular weight is 188 g/mol. The van der Waals surface area contributed by atoms with Crippen LogP contribution in [0.25, 0.3) is 0 Å². The fourth-order valence-corrected chi connectivity index (χ4v) is 2.40. The van der Waals surface area contributed by atoms with E-state index >= 15 is 0 Å². The predicted molar refractivity (Wildman–Crippen MR) is 50.7 cm³/mol. The van der Waals surface area contributed by atoms with Gasteiger partial charge in [0.05, 0.1) is 0 Å². The molecule has 0 aliphatic carbocycles. The molecule has 12 heavy (non-hydrogen) atoms. The lowest BCUT2D eigenvalue weighted by Crippen LogP contribution is -2.34. The molecule has 4 heteroatoms. The summed E-state index contributed by atoms with van der Waals surface area (Å²) in [5, 5.41) is 5.49. The Morgan fingerprint density at radius 3 is 2.92 bits per heavy atom. The lowest BCUT2D eigenvalue weighted by molar-refractivity contribution is -0.0312. The van der Waals surface area contributed by atoms with Crippen LogP contribution in [-0.4, -0.2) is 37.0 Å². The molecule has 0 bridgehead atoms. The summed E-state index contributed by atoms with van der Waals surface area (Å²) in [6.45, 7) is 4.61. The maximum Gasteiger partial charge on any atom is 0.0369 e. The molecule has 2 aliphatic heterocycles. The van der Waals surface area contributed by atoms with Crippen molar-refractivity contribution in [2.75, 3.05) is 31.9 Å². The zero-order valence-corrected chi connectivity index (χ0v) is 8.11. The van der Waals surface area contributed by atoms with Gasteiger partial charge in [-0.1, -0.05) is 0 Å². The standard InChI is InChI=1S/C8H16N2OS/c1-3-9-4-2-8(1)7-10-5-6-12-11-10/h8-9H,1-7H2. The van der Waals surface area contributed by atoms with Crippen molar-refractivity contribution in [2.24, 2.45) is 5.92 Å². The zero-order valence-electron chi connectivity index (χ0n) is 7.29. The van der Waals surface area contributed by atoms with Gasteiger partial charge >= 0.3 is 0 Å². The Labute approximate surface area is 78.0 Å². The van der Waals surface area contributed by atoms with Crippen LogP contribution in [0.15, 0.2) is 0 Å². The monoisotopic (exact) mass is 188 g/mol. The smallest absolute Gasteiger partial charge is 0.0369 e. The molecule has 3 nitrogen and oxygen atoms in total.